The molecule has 0 saturated heterocycles. The van der Waals surface area contributed by atoms with Gasteiger partial charge >= 0.3 is 0 Å². The van der Waals surface area contributed by atoms with Crippen LogP contribution >= 0.6 is 15.9 Å². The second kappa shape index (κ2) is 3.54. The minimum Gasteiger partial charge on any atom is -0.308 e. The highest BCUT2D eigenvalue weighted by Crippen LogP contribution is 2.41. The van der Waals surface area contributed by atoms with Gasteiger partial charge in [-0.1, -0.05) is 15.9 Å². The summed E-state index contributed by atoms with van der Waals surface area (Å²) in [5.41, 5.74) is 3.36. The zero-order valence-corrected chi connectivity index (χ0v) is 10.1. The summed E-state index contributed by atoms with van der Waals surface area (Å²) in [6, 6.07) is 0. The molecule has 0 aromatic rings. The molecule has 1 aliphatic heterocycles. The fourth-order valence-electron chi connectivity index (χ4n) is 2.23. The van der Waals surface area contributed by atoms with Crippen LogP contribution in [0.3, 0.4) is 0 Å². The van der Waals surface area contributed by atoms with E-state index in [0.29, 0.717) is 0 Å². The Hall–Kier alpha value is -0.570. The number of fused-ring (bicyclic) bond motifs is 1. The van der Waals surface area contributed by atoms with Gasteiger partial charge in [0.05, 0.1) is 5.70 Å². The van der Waals surface area contributed by atoms with Crippen LogP contribution in [0.4, 0.5) is 0 Å². The van der Waals surface area contributed by atoms with Crippen molar-refractivity contribution in [3.63, 3.8) is 0 Å². The van der Waals surface area contributed by atoms with Gasteiger partial charge in [-0.05, 0) is 38.7 Å². The van der Waals surface area contributed by atoms with Gasteiger partial charge in [0.15, 0.2) is 0 Å². The SMILES string of the molecule is CCN1C(=O)C(C)=C2CCCC(Br)=C21. The molecular formula is C11H14BrNO. The lowest BCUT2D eigenvalue weighted by molar-refractivity contribution is -0.124. The minimum absolute atomic E-state index is 0.191. The van der Waals surface area contributed by atoms with E-state index in [1.54, 1.807) is 0 Å². The monoisotopic (exact) mass is 255 g/mol. The number of halogens is 1. The van der Waals surface area contributed by atoms with E-state index in [9.17, 15) is 4.79 Å². The molecule has 0 aromatic carbocycles. The predicted octanol–water partition coefficient (Wildman–Crippen LogP) is 2.96. The molecule has 2 rings (SSSR count). The summed E-state index contributed by atoms with van der Waals surface area (Å²) < 4.78 is 1.20. The summed E-state index contributed by atoms with van der Waals surface area (Å²) >= 11 is 3.58. The van der Waals surface area contributed by atoms with Crippen LogP contribution in [-0.2, 0) is 4.79 Å². The number of rotatable bonds is 1. The zero-order valence-electron chi connectivity index (χ0n) is 8.56. The molecule has 0 spiro atoms. The molecule has 3 heteroatoms. The maximum absolute atomic E-state index is 11.9. The lowest BCUT2D eigenvalue weighted by atomic mass is 9.97. The van der Waals surface area contributed by atoms with Crippen LogP contribution in [0.5, 0.6) is 0 Å². The molecule has 0 saturated carbocycles. The smallest absolute Gasteiger partial charge is 0.254 e. The first-order chi connectivity index (χ1) is 6.66. The minimum atomic E-state index is 0.191. The molecule has 0 atom stereocenters. The van der Waals surface area contributed by atoms with Crippen molar-refractivity contribution in [3.8, 4) is 0 Å². The van der Waals surface area contributed by atoms with Crippen LogP contribution in [0.25, 0.3) is 0 Å². The van der Waals surface area contributed by atoms with Gasteiger partial charge in [0.25, 0.3) is 5.91 Å². The van der Waals surface area contributed by atoms with Crippen LogP contribution in [0, 0.1) is 0 Å². The van der Waals surface area contributed by atoms with E-state index < -0.39 is 0 Å². The first-order valence-electron chi connectivity index (χ1n) is 5.07. The summed E-state index contributed by atoms with van der Waals surface area (Å²) in [5, 5.41) is 0. The maximum Gasteiger partial charge on any atom is 0.254 e. The van der Waals surface area contributed by atoms with Crippen LogP contribution in [-0.4, -0.2) is 17.4 Å². The highest BCUT2D eigenvalue weighted by molar-refractivity contribution is 9.11. The van der Waals surface area contributed by atoms with E-state index in [0.717, 1.165) is 37.1 Å². The molecule has 0 fully saturated rings. The number of amides is 1. The second-order valence-electron chi connectivity index (χ2n) is 3.76. The van der Waals surface area contributed by atoms with Gasteiger partial charge in [-0.25, -0.2) is 0 Å². The number of carbonyl (C=O) groups is 1. The lowest BCUT2D eigenvalue weighted by Crippen LogP contribution is -2.26. The van der Waals surface area contributed by atoms with Gasteiger partial charge < -0.3 is 4.90 Å². The summed E-state index contributed by atoms with van der Waals surface area (Å²) in [6.45, 7) is 4.74. The molecule has 0 aromatic heterocycles. The molecule has 1 heterocycles. The van der Waals surface area contributed by atoms with Crippen LogP contribution in [0.15, 0.2) is 21.3 Å². The Balaban J connectivity index is 2.53. The summed E-state index contributed by atoms with van der Waals surface area (Å²) in [7, 11) is 0. The number of hydrogen-bond donors (Lipinski definition) is 0. The van der Waals surface area contributed by atoms with E-state index in [4.69, 9.17) is 0 Å². The normalized spacial score (nSPS) is 22.2. The fourth-order valence-corrected chi connectivity index (χ4v) is 2.96. The molecular weight excluding hydrogens is 242 g/mol. The number of allylic oxidation sites excluding steroid dienone is 2. The zero-order chi connectivity index (χ0) is 10.3. The first kappa shape index (κ1) is 9.97. The van der Waals surface area contributed by atoms with E-state index >= 15 is 0 Å². The van der Waals surface area contributed by atoms with Crippen molar-refractivity contribution < 1.29 is 4.79 Å². The van der Waals surface area contributed by atoms with Gasteiger partial charge in [0, 0.05) is 16.6 Å². The highest BCUT2D eigenvalue weighted by Gasteiger charge is 2.34. The van der Waals surface area contributed by atoms with Crippen LogP contribution in [0.1, 0.15) is 33.1 Å². The van der Waals surface area contributed by atoms with E-state index in [2.05, 4.69) is 15.9 Å². The van der Waals surface area contributed by atoms with E-state index in [-0.39, 0.29) is 5.91 Å². The van der Waals surface area contributed by atoms with Crippen molar-refractivity contribution >= 4 is 21.8 Å². The molecule has 2 nitrogen and oxygen atoms in total. The number of carbonyl (C=O) groups excluding carboxylic acids is 1. The van der Waals surface area contributed by atoms with Crippen molar-refractivity contribution in [2.24, 2.45) is 0 Å². The fraction of sp³-hybridized carbons (Fsp3) is 0.545. The summed E-state index contributed by atoms with van der Waals surface area (Å²) in [4.78, 5) is 13.7. The van der Waals surface area contributed by atoms with Gasteiger partial charge in [0.2, 0.25) is 0 Å². The van der Waals surface area contributed by atoms with Crippen molar-refractivity contribution in [1.29, 1.82) is 0 Å². The Morgan fingerprint density at radius 1 is 1.43 bits per heavy atom. The molecule has 2 aliphatic rings. The predicted molar refractivity (Wildman–Crippen MR) is 59.9 cm³/mol. The Bertz CT molecular complexity index is 354. The Labute approximate surface area is 92.8 Å². The first-order valence-corrected chi connectivity index (χ1v) is 5.86. The average molecular weight is 256 g/mol. The maximum atomic E-state index is 11.9. The second-order valence-corrected chi connectivity index (χ2v) is 4.72. The Morgan fingerprint density at radius 3 is 2.79 bits per heavy atom. The standard InChI is InChI=1S/C11H14BrNO/c1-3-13-10-8(7(2)11(13)14)5-4-6-9(10)12/h3-6H2,1-2H3. The third-order valence-electron chi connectivity index (χ3n) is 2.97. The molecule has 0 N–H and O–H groups in total. The lowest BCUT2D eigenvalue weighted by Gasteiger charge is -2.23. The number of likely N-dealkylation sites (N-methyl/N-ethyl adjacent to an activating group) is 1. The number of hydrogen-bond acceptors (Lipinski definition) is 1. The third kappa shape index (κ3) is 1.26. The molecule has 0 unspecified atom stereocenters. The van der Waals surface area contributed by atoms with Crippen LogP contribution in [0.2, 0.25) is 0 Å². The molecule has 1 amide bonds. The van der Waals surface area contributed by atoms with Gasteiger partial charge in [-0.15, -0.1) is 0 Å². The van der Waals surface area contributed by atoms with Crippen molar-refractivity contribution in [2.75, 3.05) is 6.54 Å². The molecule has 14 heavy (non-hydrogen) atoms. The van der Waals surface area contributed by atoms with Crippen molar-refractivity contribution in [2.45, 2.75) is 33.1 Å². The quantitative estimate of drug-likeness (QED) is 0.706. The Morgan fingerprint density at radius 2 is 2.14 bits per heavy atom. The third-order valence-corrected chi connectivity index (χ3v) is 3.74. The largest absolute Gasteiger partial charge is 0.308 e. The van der Waals surface area contributed by atoms with Crippen LogP contribution < -0.4 is 0 Å². The Kier molecular flexibility index (Phi) is 2.52. The molecule has 0 bridgehead atoms. The summed E-state index contributed by atoms with van der Waals surface area (Å²) in [5.74, 6) is 0.191. The van der Waals surface area contributed by atoms with E-state index in [1.807, 2.05) is 18.7 Å². The van der Waals surface area contributed by atoms with Gasteiger partial charge in [-0.3, -0.25) is 4.79 Å². The van der Waals surface area contributed by atoms with Crippen molar-refractivity contribution in [1.82, 2.24) is 4.90 Å². The van der Waals surface area contributed by atoms with E-state index in [1.165, 1.54) is 10.1 Å². The van der Waals surface area contributed by atoms with Gasteiger partial charge in [0.1, 0.15) is 0 Å². The molecule has 0 radical (unpaired) electrons. The highest BCUT2D eigenvalue weighted by atomic mass is 79.9. The summed E-state index contributed by atoms with van der Waals surface area (Å²) in [6.07, 6.45) is 3.27. The molecule has 76 valence electrons. The topological polar surface area (TPSA) is 20.3 Å². The average Bonchev–Trinajstić information content (AvgIpc) is 2.43. The number of nitrogens with zero attached hydrogens (tertiary/aromatic N) is 1. The molecule has 1 aliphatic carbocycles. The van der Waals surface area contributed by atoms with Crippen molar-refractivity contribution in [3.05, 3.63) is 21.3 Å². The van der Waals surface area contributed by atoms with Gasteiger partial charge in [-0.2, -0.15) is 0 Å².